The molecule has 1 aliphatic heterocycles. The van der Waals surface area contributed by atoms with Crippen molar-refractivity contribution in [2.75, 3.05) is 46.4 Å². The fraction of sp³-hybridized carbons (Fsp3) is 0.318. The van der Waals surface area contributed by atoms with Gasteiger partial charge in [0, 0.05) is 38.8 Å². The molecule has 5 nitrogen and oxygen atoms in total. The normalized spacial score (nSPS) is 15.1. The molecule has 0 saturated carbocycles. The van der Waals surface area contributed by atoms with Crippen molar-refractivity contribution in [2.45, 2.75) is 0 Å². The molecular weight excluding hydrogens is 340 g/mol. The molecule has 2 aromatic rings. The number of carbonyl (C=O) groups excluding carboxylic acids is 1. The topological polar surface area (TPSA) is 42.0 Å². The van der Waals surface area contributed by atoms with Gasteiger partial charge in [0.1, 0.15) is 11.5 Å². The molecule has 3 rings (SSSR count). The molecule has 1 amide bonds. The van der Waals surface area contributed by atoms with Crippen LogP contribution in [0.1, 0.15) is 5.56 Å². The standard InChI is InChI=1S/C22H26N2O3/c1-26-20-10-5-11-21(17-20)27-18-22(25)24-15-13-23(14-16-24)12-6-9-19-7-3-2-4-8-19/h2-11,17H,12-16,18H2,1H3/b9-6+. The second kappa shape index (κ2) is 9.78. The van der Waals surface area contributed by atoms with E-state index in [1.54, 1.807) is 13.2 Å². The maximum Gasteiger partial charge on any atom is 0.260 e. The smallest absolute Gasteiger partial charge is 0.260 e. The van der Waals surface area contributed by atoms with Crippen molar-refractivity contribution >= 4 is 12.0 Å². The van der Waals surface area contributed by atoms with E-state index in [4.69, 9.17) is 9.47 Å². The van der Waals surface area contributed by atoms with Crippen LogP contribution in [0.3, 0.4) is 0 Å². The van der Waals surface area contributed by atoms with E-state index >= 15 is 0 Å². The van der Waals surface area contributed by atoms with Crippen LogP contribution in [-0.4, -0.2) is 62.1 Å². The SMILES string of the molecule is COc1cccc(OCC(=O)N2CCN(C/C=C/c3ccccc3)CC2)c1. The third-order valence-electron chi connectivity index (χ3n) is 4.60. The molecule has 1 heterocycles. The van der Waals surface area contributed by atoms with Gasteiger partial charge < -0.3 is 14.4 Å². The van der Waals surface area contributed by atoms with E-state index in [1.807, 2.05) is 41.3 Å². The van der Waals surface area contributed by atoms with E-state index in [-0.39, 0.29) is 12.5 Å². The molecule has 1 fully saturated rings. The van der Waals surface area contributed by atoms with Crippen molar-refractivity contribution in [3.8, 4) is 11.5 Å². The second-order valence-electron chi connectivity index (χ2n) is 6.46. The Balaban J connectivity index is 1.39. The first-order valence-electron chi connectivity index (χ1n) is 9.23. The third-order valence-corrected chi connectivity index (χ3v) is 4.60. The van der Waals surface area contributed by atoms with Gasteiger partial charge in [-0.25, -0.2) is 0 Å². The lowest BCUT2D eigenvalue weighted by atomic mass is 10.2. The van der Waals surface area contributed by atoms with Crippen LogP contribution in [0.4, 0.5) is 0 Å². The minimum absolute atomic E-state index is 0.0253. The van der Waals surface area contributed by atoms with Crippen molar-refractivity contribution in [1.82, 2.24) is 9.80 Å². The predicted octanol–water partition coefficient (Wildman–Crippen LogP) is 2.93. The van der Waals surface area contributed by atoms with Crippen LogP contribution >= 0.6 is 0 Å². The quantitative estimate of drug-likeness (QED) is 0.756. The molecule has 5 heteroatoms. The van der Waals surface area contributed by atoms with Gasteiger partial charge in [-0.05, 0) is 17.7 Å². The van der Waals surface area contributed by atoms with Crippen molar-refractivity contribution in [3.05, 3.63) is 66.2 Å². The highest BCUT2D eigenvalue weighted by Crippen LogP contribution is 2.18. The minimum atomic E-state index is 0.0253. The van der Waals surface area contributed by atoms with E-state index in [0.29, 0.717) is 5.75 Å². The molecule has 0 atom stereocenters. The third kappa shape index (κ3) is 5.86. The highest BCUT2D eigenvalue weighted by atomic mass is 16.5. The van der Waals surface area contributed by atoms with Gasteiger partial charge in [0.15, 0.2) is 6.61 Å². The summed E-state index contributed by atoms with van der Waals surface area (Å²) in [5.41, 5.74) is 1.21. The summed E-state index contributed by atoms with van der Waals surface area (Å²) in [4.78, 5) is 16.6. The molecule has 27 heavy (non-hydrogen) atoms. The average Bonchev–Trinajstić information content (AvgIpc) is 2.73. The molecule has 0 aromatic heterocycles. The molecule has 0 N–H and O–H groups in total. The van der Waals surface area contributed by atoms with Gasteiger partial charge in [-0.3, -0.25) is 9.69 Å². The van der Waals surface area contributed by atoms with Gasteiger partial charge in [0.25, 0.3) is 5.91 Å². The first-order valence-corrected chi connectivity index (χ1v) is 9.23. The van der Waals surface area contributed by atoms with E-state index in [9.17, 15) is 4.79 Å². The lowest BCUT2D eigenvalue weighted by molar-refractivity contribution is -0.135. The van der Waals surface area contributed by atoms with Gasteiger partial charge in [0.05, 0.1) is 7.11 Å². The Labute approximate surface area is 160 Å². The van der Waals surface area contributed by atoms with Crippen LogP contribution in [0.15, 0.2) is 60.7 Å². The molecule has 0 bridgehead atoms. The highest BCUT2D eigenvalue weighted by molar-refractivity contribution is 5.77. The first kappa shape index (κ1) is 19.0. The predicted molar refractivity (Wildman–Crippen MR) is 107 cm³/mol. The Hall–Kier alpha value is -2.79. The van der Waals surface area contributed by atoms with Crippen LogP contribution in [0.25, 0.3) is 6.08 Å². The van der Waals surface area contributed by atoms with Crippen molar-refractivity contribution < 1.29 is 14.3 Å². The number of hydrogen-bond acceptors (Lipinski definition) is 4. The van der Waals surface area contributed by atoms with Gasteiger partial charge >= 0.3 is 0 Å². The van der Waals surface area contributed by atoms with E-state index in [1.165, 1.54) is 5.56 Å². The number of methoxy groups -OCH3 is 1. The summed E-state index contributed by atoms with van der Waals surface area (Å²) < 4.78 is 10.8. The lowest BCUT2D eigenvalue weighted by Crippen LogP contribution is -2.49. The van der Waals surface area contributed by atoms with Crippen molar-refractivity contribution in [2.24, 2.45) is 0 Å². The number of carbonyl (C=O) groups is 1. The zero-order valence-corrected chi connectivity index (χ0v) is 15.7. The molecule has 1 saturated heterocycles. The van der Waals surface area contributed by atoms with E-state index in [2.05, 4.69) is 29.2 Å². The van der Waals surface area contributed by atoms with Crippen LogP contribution in [0.5, 0.6) is 11.5 Å². The van der Waals surface area contributed by atoms with Crippen LogP contribution < -0.4 is 9.47 Å². The fourth-order valence-electron chi connectivity index (χ4n) is 3.01. The van der Waals surface area contributed by atoms with Crippen LogP contribution in [0.2, 0.25) is 0 Å². The summed E-state index contributed by atoms with van der Waals surface area (Å²) in [6.45, 7) is 4.19. The number of benzene rings is 2. The Kier molecular flexibility index (Phi) is 6.88. The van der Waals surface area contributed by atoms with Crippen LogP contribution in [-0.2, 0) is 4.79 Å². The van der Waals surface area contributed by atoms with Gasteiger partial charge in [-0.2, -0.15) is 0 Å². The molecular formula is C22H26N2O3. The monoisotopic (exact) mass is 366 g/mol. The highest BCUT2D eigenvalue weighted by Gasteiger charge is 2.20. The van der Waals surface area contributed by atoms with Crippen molar-refractivity contribution in [3.63, 3.8) is 0 Å². The lowest BCUT2D eigenvalue weighted by Gasteiger charge is -2.34. The van der Waals surface area contributed by atoms with Crippen LogP contribution in [0, 0.1) is 0 Å². The number of rotatable bonds is 7. The number of hydrogen-bond donors (Lipinski definition) is 0. The van der Waals surface area contributed by atoms with E-state index in [0.717, 1.165) is 38.5 Å². The zero-order chi connectivity index (χ0) is 18.9. The maximum atomic E-state index is 12.4. The van der Waals surface area contributed by atoms with E-state index < -0.39 is 0 Å². The number of nitrogens with zero attached hydrogens (tertiary/aromatic N) is 2. The minimum Gasteiger partial charge on any atom is -0.497 e. The Morgan fingerprint density at radius 1 is 1.00 bits per heavy atom. The summed E-state index contributed by atoms with van der Waals surface area (Å²) in [6, 6.07) is 17.6. The Morgan fingerprint density at radius 2 is 1.74 bits per heavy atom. The van der Waals surface area contributed by atoms with Gasteiger partial charge in [-0.1, -0.05) is 48.6 Å². The summed E-state index contributed by atoms with van der Waals surface area (Å²) >= 11 is 0. The summed E-state index contributed by atoms with van der Waals surface area (Å²) in [5.74, 6) is 1.39. The summed E-state index contributed by atoms with van der Waals surface area (Å²) in [5, 5.41) is 0. The molecule has 0 unspecified atom stereocenters. The fourth-order valence-corrected chi connectivity index (χ4v) is 3.01. The molecule has 0 spiro atoms. The molecule has 142 valence electrons. The summed E-state index contributed by atoms with van der Waals surface area (Å²) in [7, 11) is 1.61. The molecule has 2 aromatic carbocycles. The largest absolute Gasteiger partial charge is 0.497 e. The number of ether oxygens (including phenoxy) is 2. The maximum absolute atomic E-state index is 12.4. The Morgan fingerprint density at radius 3 is 2.48 bits per heavy atom. The number of piperazine rings is 1. The second-order valence-corrected chi connectivity index (χ2v) is 6.46. The summed E-state index contributed by atoms with van der Waals surface area (Å²) in [6.07, 6.45) is 4.32. The van der Waals surface area contributed by atoms with Gasteiger partial charge in [0.2, 0.25) is 0 Å². The molecule has 0 radical (unpaired) electrons. The average molecular weight is 366 g/mol. The number of amides is 1. The van der Waals surface area contributed by atoms with Gasteiger partial charge in [-0.15, -0.1) is 0 Å². The Bertz CT molecular complexity index is 753. The van der Waals surface area contributed by atoms with Crippen molar-refractivity contribution in [1.29, 1.82) is 0 Å². The molecule has 0 aliphatic carbocycles. The first-order chi connectivity index (χ1) is 13.2. The molecule has 1 aliphatic rings. The zero-order valence-electron chi connectivity index (χ0n) is 15.7.